The molecule has 0 unspecified atom stereocenters. The molecule has 0 radical (unpaired) electrons. The van der Waals surface area contributed by atoms with Crippen molar-refractivity contribution in [3.8, 4) is 0 Å². The fourth-order valence-corrected chi connectivity index (χ4v) is 3.48. The van der Waals surface area contributed by atoms with Gasteiger partial charge in [0.1, 0.15) is 6.54 Å². The van der Waals surface area contributed by atoms with E-state index in [0.717, 1.165) is 43.8 Å². The average Bonchev–Trinajstić information content (AvgIpc) is 2.70. The number of nitro benzene ring substituents is 1. The highest BCUT2D eigenvalue weighted by atomic mass is 16.6. The summed E-state index contributed by atoms with van der Waals surface area (Å²) in [7, 11) is 0.446. The minimum Gasteiger partial charge on any atom is -0.314 e. The Morgan fingerprint density at radius 2 is 1.56 bits per heavy atom. The van der Waals surface area contributed by atoms with Crippen molar-refractivity contribution in [2.45, 2.75) is 0 Å². The summed E-state index contributed by atoms with van der Waals surface area (Å²) in [5.41, 5.74) is 2.18. The number of nitrogens with zero attached hydrogens (tertiary/aromatic N) is 3. The van der Waals surface area contributed by atoms with E-state index in [1.165, 1.54) is 12.1 Å². The molecule has 3 fully saturated rings. The van der Waals surface area contributed by atoms with Crippen molar-refractivity contribution in [3.05, 3.63) is 70.3 Å². The monoisotopic (exact) mass is 367 g/mol. The first-order chi connectivity index (χ1) is 13.0. The third-order valence-corrected chi connectivity index (χ3v) is 5.16. The van der Waals surface area contributed by atoms with Crippen LogP contribution < -0.4 is 5.46 Å². The van der Waals surface area contributed by atoms with Gasteiger partial charge >= 0.3 is 0 Å². The Balaban J connectivity index is 0.000000253. The van der Waals surface area contributed by atoms with Gasteiger partial charge in [-0.15, -0.1) is 0 Å². The molecule has 5 rings (SSSR count). The molecule has 3 aliphatic heterocycles. The molecule has 142 valence electrons. The number of benzene rings is 2. The molecule has 0 spiro atoms. The summed E-state index contributed by atoms with van der Waals surface area (Å²) in [6.07, 6.45) is 0. The number of nitro groups is 1. The topological polar surface area (TPSA) is 63.5 Å². The van der Waals surface area contributed by atoms with Gasteiger partial charge in [-0.1, -0.05) is 30.3 Å². The van der Waals surface area contributed by atoms with Gasteiger partial charge in [0, 0.05) is 37.3 Å². The van der Waals surface area contributed by atoms with Crippen molar-refractivity contribution in [1.82, 2.24) is 4.90 Å². The van der Waals surface area contributed by atoms with E-state index in [-0.39, 0.29) is 11.5 Å². The molecule has 7 heteroatoms. The number of rotatable bonds is 4. The molecule has 0 N–H and O–H groups in total. The van der Waals surface area contributed by atoms with Crippen LogP contribution in [-0.2, 0) is 0 Å². The van der Waals surface area contributed by atoms with Gasteiger partial charge in [-0.2, -0.15) is 0 Å². The SMILES string of the molecule is O=C(C[N+]12CCN(CC1)CC2)c1ccc([N+](=O)[O-])cc1.[BH3-]c1ccccc1. The molecule has 2 aromatic carbocycles. The van der Waals surface area contributed by atoms with Crippen LogP contribution in [0.15, 0.2) is 54.6 Å². The maximum absolute atomic E-state index is 12.4. The molecule has 0 aromatic heterocycles. The zero-order valence-corrected chi connectivity index (χ0v) is 14.7. The molecule has 0 amide bonds. The molecule has 3 heterocycles. The van der Waals surface area contributed by atoms with Crippen LogP contribution in [0, 0.1) is 10.1 Å². The summed E-state index contributed by atoms with van der Waals surface area (Å²) >= 11 is 0. The van der Waals surface area contributed by atoms with E-state index in [9.17, 15) is 14.9 Å². The smallest absolute Gasteiger partial charge is 0.269 e. The maximum Gasteiger partial charge on any atom is 0.269 e. The van der Waals surface area contributed by atoms with E-state index >= 15 is 0 Å². The second-order valence-electron chi connectivity index (χ2n) is 6.82. The first kappa shape index (κ1) is 19.3. The molecule has 2 bridgehead atoms. The Bertz CT molecular complexity index is 774. The van der Waals surface area contributed by atoms with E-state index < -0.39 is 4.92 Å². The van der Waals surface area contributed by atoms with Crippen LogP contribution in [0.4, 0.5) is 5.69 Å². The number of piperazine rings is 3. The van der Waals surface area contributed by atoms with E-state index in [1.54, 1.807) is 17.6 Å². The highest BCUT2D eigenvalue weighted by Gasteiger charge is 2.39. The van der Waals surface area contributed by atoms with Crippen LogP contribution in [0.25, 0.3) is 0 Å². The normalized spacial score (nSPS) is 23.2. The van der Waals surface area contributed by atoms with Crippen LogP contribution in [-0.4, -0.2) is 73.7 Å². The zero-order chi connectivity index (χ0) is 19.3. The van der Waals surface area contributed by atoms with Gasteiger partial charge in [0.25, 0.3) is 5.69 Å². The van der Waals surface area contributed by atoms with Crippen LogP contribution in [0.5, 0.6) is 0 Å². The highest BCUT2D eigenvalue weighted by Crippen LogP contribution is 2.21. The largest absolute Gasteiger partial charge is 0.314 e. The summed E-state index contributed by atoms with van der Waals surface area (Å²) in [4.78, 5) is 25.0. The van der Waals surface area contributed by atoms with Crippen molar-refractivity contribution in [2.24, 2.45) is 0 Å². The van der Waals surface area contributed by atoms with Crippen LogP contribution in [0.3, 0.4) is 0 Å². The average molecular weight is 367 g/mol. The van der Waals surface area contributed by atoms with Crippen molar-refractivity contribution in [2.75, 3.05) is 45.8 Å². The predicted molar refractivity (Wildman–Crippen MR) is 110 cm³/mol. The van der Waals surface area contributed by atoms with Crippen molar-refractivity contribution in [3.63, 3.8) is 0 Å². The number of ketones is 1. The number of quaternary nitrogens is 1. The summed E-state index contributed by atoms with van der Waals surface area (Å²) in [5, 5.41) is 10.6. The second-order valence-corrected chi connectivity index (χ2v) is 6.82. The first-order valence-corrected chi connectivity index (χ1v) is 8.84. The van der Waals surface area contributed by atoms with Crippen molar-refractivity contribution >= 4 is 24.8 Å². The standard InChI is InChI=1S/C14H18N3O3.C6H8B/c18-14(12-1-3-13(4-2-12)16(19)20)11-17-8-5-15(6-9-17)7-10-17;7-6-4-2-1-3-5-6/h1-4H,5-11H2;1-5H,7H3/q+1;-1. The third kappa shape index (κ3) is 5.02. The molecule has 0 saturated carbocycles. The molecule has 3 aliphatic rings. The van der Waals surface area contributed by atoms with Gasteiger partial charge in [-0.05, 0) is 20.0 Å². The quantitative estimate of drug-likeness (QED) is 0.261. The Labute approximate surface area is 160 Å². The summed E-state index contributed by atoms with van der Waals surface area (Å²) < 4.78 is 0.881. The molecular formula is C20H26BN3O3. The fourth-order valence-electron chi connectivity index (χ4n) is 3.48. The van der Waals surface area contributed by atoms with Crippen LogP contribution in [0.1, 0.15) is 10.4 Å². The first-order valence-electron chi connectivity index (χ1n) is 8.84. The molecule has 6 nitrogen and oxygen atoms in total. The Morgan fingerprint density at radius 3 is 2.00 bits per heavy atom. The zero-order valence-electron chi connectivity index (χ0n) is 14.7. The van der Waals surface area contributed by atoms with Crippen molar-refractivity contribution < 1.29 is 14.2 Å². The van der Waals surface area contributed by atoms with E-state index in [4.69, 9.17) is 0 Å². The minimum absolute atomic E-state index is 0.0279. The molecular weight excluding hydrogens is 341 g/mol. The summed E-state index contributed by atoms with van der Waals surface area (Å²) in [6.45, 7) is 6.87. The maximum atomic E-state index is 12.4. The van der Waals surface area contributed by atoms with Gasteiger partial charge in [-0.25, -0.2) is 5.46 Å². The number of carbonyl (C=O) groups is 1. The molecule has 27 heavy (non-hydrogen) atoms. The van der Waals surface area contributed by atoms with E-state index in [0.29, 0.717) is 20.0 Å². The lowest BCUT2D eigenvalue weighted by Gasteiger charge is -2.50. The van der Waals surface area contributed by atoms with Gasteiger partial charge in [0.05, 0.1) is 24.6 Å². The van der Waals surface area contributed by atoms with Gasteiger partial charge in [0.15, 0.2) is 0 Å². The number of Topliss-reactive ketones (excluding diaryl/α,β-unsaturated/α-hetero) is 1. The van der Waals surface area contributed by atoms with Crippen molar-refractivity contribution in [1.29, 1.82) is 0 Å². The Hall–Kier alpha value is -2.51. The fraction of sp³-hybridized carbons (Fsp3) is 0.350. The molecule has 0 aliphatic carbocycles. The lowest BCUT2D eigenvalue weighted by Crippen LogP contribution is -2.68. The second kappa shape index (κ2) is 8.46. The van der Waals surface area contributed by atoms with Crippen LogP contribution in [0.2, 0.25) is 0 Å². The Morgan fingerprint density at radius 1 is 1.00 bits per heavy atom. The number of carbonyl (C=O) groups excluding carboxylic acids is 1. The van der Waals surface area contributed by atoms with Gasteiger partial charge in [0.2, 0.25) is 5.78 Å². The number of hydrogen-bond acceptors (Lipinski definition) is 4. The summed E-state index contributed by atoms with van der Waals surface area (Å²) in [6, 6.07) is 16.6. The number of fused-ring (bicyclic) bond motifs is 3. The molecule has 0 atom stereocenters. The lowest BCUT2D eigenvalue weighted by atomic mass is 9.97. The highest BCUT2D eigenvalue weighted by molar-refractivity contribution is 6.32. The van der Waals surface area contributed by atoms with Crippen LogP contribution >= 0.6 is 0 Å². The molecule has 2 aromatic rings. The van der Waals surface area contributed by atoms with E-state index in [1.807, 2.05) is 0 Å². The Kier molecular flexibility index (Phi) is 6.03. The molecule has 3 saturated heterocycles. The number of hydrogen-bond donors (Lipinski definition) is 0. The lowest BCUT2D eigenvalue weighted by molar-refractivity contribution is -0.933. The third-order valence-electron chi connectivity index (χ3n) is 5.16. The minimum atomic E-state index is -0.445. The van der Waals surface area contributed by atoms with Gasteiger partial charge in [-0.3, -0.25) is 19.8 Å². The number of non-ortho nitro benzene ring substituents is 1. The predicted octanol–water partition coefficient (Wildman–Crippen LogP) is 0.601. The van der Waals surface area contributed by atoms with E-state index in [2.05, 4.69) is 35.2 Å². The van der Waals surface area contributed by atoms with Gasteiger partial charge < -0.3 is 4.48 Å². The summed E-state index contributed by atoms with van der Waals surface area (Å²) in [5.74, 6) is 0.0928.